The molecular formula is C24H29N3O9. The van der Waals surface area contributed by atoms with Crippen LogP contribution in [0.4, 0.5) is 5.69 Å². The molecular weight excluding hydrogens is 474 g/mol. The number of methoxy groups -OCH3 is 1. The number of ether oxygens (including phenoxy) is 3. The van der Waals surface area contributed by atoms with E-state index in [1.54, 1.807) is 13.8 Å². The SMILES string of the molecule is COC(=O)C1C(C)=NC(C)=C(C(=O)[C@@]2(O)CO[C@@H]3[C@@H](O[N+](=O)[O-])CO[C@@H]32)C1c1ccc(N(C)C)cc1. The van der Waals surface area contributed by atoms with Gasteiger partial charge in [-0.2, -0.15) is 0 Å². The maximum Gasteiger partial charge on any atom is 0.315 e. The number of aliphatic hydroxyl groups is 1. The summed E-state index contributed by atoms with van der Waals surface area (Å²) in [5.74, 6) is -2.99. The molecule has 2 unspecified atom stereocenters. The van der Waals surface area contributed by atoms with E-state index in [-0.39, 0.29) is 12.2 Å². The van der Waals surface area contributed by atoms with Gasteiger partial charge in [-0.15, -0.1) is 10.1 Å². The Morgan fingerprint density at radius 2 is 1.89 bits per heavy atom. The van der Waals surface area contributed by atoms with Crippen LogP contribution in [0.5, 0.6) is 0 Å². The van der Waals surface area contributed by atoms with Crippen molar-refractivity contribution in [2.24, 2.45) is 10.9 Å². The first kappa shape index (κ1) is 25.7. The molecule has 6 atom stereocenters. The molecule has 1 aromatic carbocycles. The number of carbonyl (C=O) groups excluding carboxylic acids is 2. The van der Waals surface area contributed by atoms with Crippen LogP contribution in [0.3, 0.4) is 0 Å². The molecule has 0 aliphatic carbocycles. The summed E-state index contributed by atoms with van der Waals surface area (Å²) in [6.07, 6.45) is -3.27. The fraction of sp³-hybridized carbons (Fsp3) is 0.542. The number of fused-ring (bicyclic) bond motifs is 1. The number of rotatable bonds is 7. The second kappa shape index (κ2) is 9.60. The Kier molecular flexibility index (Phi) is 6.86. The van der Waals surface area contributed by atoms with Gasteiger partial charge in [-0.1, -0.05) is 12.1 Å². The van der Waals surface area contributed by atoms with Gasteiger partial charge in [0.05, 0.1) is 20.3 Å². The largest absolute Gasteiger partial charge is 0.468 e. The van der Waals surface area contributed by atoms with Gasteiger partial charge in [-0.3, -0.25) is 14.6 Å². The van der Waals surface area contributed by atoms with E-state index in [0.29, 0.717) is 17.0 Å². The third kappa shape index (κ3) is 4.25. The number of allylic oxidation sites excluding steroid dienone is 1. The summed E-state index contributed by atoms with van der Waals surface area (Å²) in [7, 11) is 5.05. The summed E-state index contributed by atoms with van der Waals surface area (Å²) in [5.41, 5.74) is 0.370. The zero-order valence-electron chi connectivity index (χ0n) is 20.7. The number of aliphatic imine (C=N–C) groups is 1. The van der Waals surface area contributed by atoms with Crippen LogP contribution in [-0.2, 0) is 28.6 Å². The van der Waals surface area contributed by atoms with Crippen LogP contribution in [-0.4, -0.2) is 86.0 Å². The van der Waals surface area contributed by atoms with Crippen molar-refractivity contribution in [3.63, 3.8) is 0 Å². The van der Waals surface area contributed by atoms with Crippen molar-refractivity contribution in [3.8, 4) is 0 Å². The van der Waals surface area contributed by atoms with Crippen molar-refractivity contribution in [1.82, 2.24) is 0 Å². The molecule has 2 fully saturated rings. The van der Waals surface area contributed by atoms with Crippen molar-refractivity contribution in [2.75, 3.05) is 39.3 Å². The minimum Gasteiger partial charge on any atom is -0.468 e. The second-order valence-corrected chi connectivity index (χ2v) is 9.37. The Labute approximate surface area is 207 Å². The van der Waals surface area contributed by atoms with Gasteiger partial charge in [0.2, 0.25) is 0 Å². The lowest BCUT2D eigenvalue weighted by molar-refractivity contribution is -0.769. The van der Waals surface area contributed by atoms with Crippen molar-refractivity contribution >= 4 is 23.2 Å². The minimum absolute atomic E-state index is 0.127. The van der Waals surface area contributed by atoms with Crippen LogP contribution < -0.4 is 4.90 Å². The van der Waals surface area contributed by atoms with E-state index >= 15 is 0 Å². The topological polar surface area (TPSA) is 150 Å². The highest BCUT2D eigenvalue weighted by molar-refractivity contribution is 6.11. The first-order valence-corrected chi connectivity index (χ1v) is 11.4. The summed E-state index contributed by atoms with van der Waals surface area (Å²) in [6.45, 7) is 2.65. The number of Topliss-reactive ketones (excluding diaryl/α,β-unsaturated/α-hetero) is 1. The zero-order valence-corrected chi connectivity index (χ0v) is 20.7. The first-order chi connectivity index (χ1) is 17.0. The molecule has 0 bridgehead atoms. The van der Waals surface area contributed by atoms with Crippen LogP contribution in [0.1, 0.15) is 25.3 Å². The van der Waals surface area contributed by atoms with Crippen molar-refractivity contribution < 1.29 is 38.8 Å². The molecule has 36 heavy (non-hydrogen) atoms. The monoisotopic (exact) mass is 503 g/mol. The van der Waals surface area contributed by atoms with Crippen molar-refractivity contribution in [1.29, 1.82) is 0 Å². The van der Waals surface area contributed by atoms with Gasteiger partial charge in [0.1, 0.15) is 18.1 Å². The number of carbonyl (C=O) groups is 2. The molecule has 0 amide bonds. The molecule has 12 heteroatoms. The van der Waals surface area contributed by atoms with E-state index in [9.17, 15) is 24.8 Å². The molecule has 12 nitrogen and oxygen atoms in total. The van der Waals surface area contributed by atoms with E-state index in [1.165, 1.54) is 7.11 Å². The van der Waals surface area contributed by atoms with Crippen LogP contribution >= 0.6 is 0 Å². The minimum atomic E-state index is -2.15. The highest BCUT2D eigenvalue weighted by atomic mass is 17.0. The molecule has 0 aromatic heterocycles. The lowest BCUT2D eigenvalue weighted by Crippen LogP contribution is -2.53. The Bertz CT molecular complexity index is 1130. The molecule has 3 aliphatic rings. The average molecular weight is 504 g/mol. The fourth-order valence-electron chi connectivity index (χ4n) is 5.23. The second-order valence-electron chi connectivity index (χ2n) is 9.37. The van der Waals surface area contributed by atoms with Gasteiger partial charge in [-0.05, 0) is 31.5 Å². The van der Waals surface area contributed by atoms with Crippen LogP contribution in [0, 0.1) is 16.0 Å². The Hall–Kier alpha value is -3.35. The quantitative estimate of drug-likeness (QED) is 0.325. The molecule has 3 aliphatic heterocycles. The zero-order chi connectivity index (χ0) is 26.4. The van der Waals surface area contributed by atoms with E-state index in [1.807, 2.05) is 43.3 Å². The van der Waals surface area contributed by atoms with Gasteiger partial charge in [0.15, 0.2) is 17.5 Å². The number of hydrogen-bond donors (Lipinski definition) is 1. The number of anilines is 1. The third-order valence-corrected chi connectivity index (χ3v) is 6.98. The summed E-state index contributed by atoms with van der Waals surface area (Å²) >= 11 is 0. The molecule has 1 aromatic rings. The summed E-state index contributed by atoms with van der Waals surface area (Å²) in [4.78, 5) is 48.8. The molecule has 0 saturated carbocycles. The van der Waals surface area contributed by atoms with Gasteiger partial charge < -0.3 is 29.1 Å². The molecule has 0 radical (unpaired) electrons. The molecule has 4 rings (SSSR count). The van der Waals surface area contributed by atoms with Gasteiger partial charge in [-0.25, -0.2) is 0 Å². The van der Waals surface area contributed by atoms with Gasteiger partial charge in [0.25, 0.3) is 5.09 Å². The third-order valence-electron chi connectivity index (χ3n) is 6.98. The smallest absolute Gasteiger partial charge is 0.315 e. The number of ketones is 1. The number of nitrogens with zero attached hydrogens (tertiary/aromatic N) is 3. The normalized spacial score (nSPS) is 31.5. The standard InChI is InChI=1S/C24H29N3O9/c1-12-17(21(28)24(30)11-35-20-16(36-27(31)32)10-34-22(20)24)19(18(13(2)25-12)23(29)33-5)14-6-8-15(9-7-14)26(3)4/h6-9,16,18-20,22,30H,10-11H2,1-5H3/t16-,18?,19?,20+,22-,24-/m0/s1. The van der Waals surface area contributed by atoms with Crippen molar-refractivity contribution in [2.45, 2.75) is 43.7 Å². The molecule has 1 N–H and O–H groups in total. The average Bonchev–Trinajstić information content (AvgIpc) is 3.39. The lowest BCUT2D eigenvalue weighted by atomic mass is 9.71. The maximum absolute atomic E-state index is 14.1. The highest BCUT2D eigenvalue weighted by Crippen LogP contribution is 2.45. The van der Waals surface area contributed by atoms with Crippen LogP contribution in [0.25, 0.3) is 0 Å². The molecule has 2 saturated heterocycles. The van der Waals surface area contributed by atoms with Crippen molar-refractivity contribution in [3.05, 3.63) is 51.2 Å². The van der Waals surface area contributed by atoms with E-state index in [0.717, 1.165) is 5.69 Å². The van der Waals surface area contributed by atoms with Crippen LogP contribution in [0.15, 0.2) is 40.5 Å². The summed E-state index contributed by atoms with van der Waals surface area (Å²) in [6, 6.07) is 7.37. The molecule has 194 valence electrons. The summed E-state index contributed by atoms with van der Waals surface area (Å²) < 4.78 is 16.2. The predicted octanol–water partition coefficient (Wildman–Crippen LogP) is 1.05. The Morgan fingerprint density at radius 3 is 2.47 bits per heavy atom. The lowest BCUT2D eigenvalue weighted by Gasteiger charge is -2.35. The Balaban J connectivity index is 1.77. The number of hydrogen-bond acceptors (Lipinski definition) is 11. The number of benzene rings is 1. The highest BCUT2D eigenvalue weighted by Gasteiger charge is 2.62. The Morgan fingerprint density at radius 1 is 1.22 bits per heavy atom. The van der Waals surface area contributed by atoms with E-state index < -0.39 is 59.2 Å². The van der Waals surface area contributed by atoms with E-state index in [2.05, 4.69) is 9.83 Å². The van der Waals surface area contributed by atoms with E-state index in [4.69, 9.17) is 14.2 Å². The van der Waals surface area contributed by atoms with Gasteiger partial charge in [0, 0.05) is 42.7 Å². The predicted molar refractivity (Wildman–Crippen MR) is 126 cm³/mol. The molecule has 3 heterocycles. The first-order valence-electron chi connectivity index (χ1n) is 11.4. The maximum atomic E-state index is 14.1. The van der Waals surface area contributed by atoms with Gasteiger partial charge >= 0.3 is 5.97 Å². The van der Waals surface area contributed by atoms with Crippen LogP contribution in [0.2, 0.25) is 0 Å². The number of esters is 1. The fourth-order valence-corrected chi connectivity index (χ4v) is 5.23. The summed E-state index contributed by atoms with van der Waals surface area (Å²) in [5, 5.41) is 21.4. The molecule has 0 spiro atoms.